The molecule has 0 fully saturated rings. The summed E-state index contributed by atoms with van der Waals surface area (Å²) in [6.07, 6.45) is 0. The molecular formula is C62H41N5. The van der Waals surface area contributed by atoms with Crippen LogP contribution < -0.4 is 0 Å². The van der Waals surface area contributed by atoms with Gasteiger partial charge in [-0.2, -0.15) is 5.10 Å². The molecule has 0 saturated carbocycles. The zero-order chi connectivity index (χ0) is 44.5. The predicted octanol–water partition coefficient (Wildman–Crippen LogP) is 15.7. The van der Waals surface area contributed by atoms with E-state index in [1.54, 1.807) is 0 Å². The molecule has 0 atom stereocenters. The highest BCUT2D eigenvalue weighted by Gasteiger charge is 2.25. The van der Waals surface area contributed by atoms with Crippen LogP contribution >= 0.6 is 0 Å². The Balaban J connectivity index is 1.10. The fourth-order valence-electron chi connectivity index (χ4n) is 9.31. The van der Waals surface area contributed by atoms with Gasteiger partial charge in [0, 0.05) is 44.3 Å². The van der Waals surface area contributed by atoms with Crippen molar-refractivity contribution >= 4 is 16.3 Å². The van der Waals surface area contributed by atoms with Crippen molar-refractivity contribution in [3.05, 3.63) is 249 Å². The molecule has 9 aromatic carbocycles. The van der Waals surface area contributed by atoms with Gasteiger partial charge < -0.3 is 0 Å². The molecule has 0 aliphatic rings. The number of fused-ring (bicyclic) bond motifs is 3. The van der Waals surface area contributed by atoms with Crippen LogP contribution in [0.5, 0.6) is 0 Å². The summed E-state index contributed by atoms with van der Waals surface area (Å²) in [5, 5.41) is 7.81. The van der Waals surface area contributed by atoms with Gasteiger partial charge in [-0.15, -0.1) is 0 Å². The van der Waals surface area contributed by atoms with E-state index in [1.165, 1.54) is 0 Å². The van der Waals surface area contributed by atoms with Crippen LogP contribution in [0.3, 0.4) is 0 Å². The van der Waals surface area contributed by atoms with E-state index in [2.05, 4.69) is 241 Å². The lowest BCUT2D eigenvalue weighted by Gasteiger charge is -2.18. The number of hydrogen-bond acceptors (Lipinski definition) is 4. The Labute approximate surface area is 389 Å². The average molecular weight is 856 g/mol. The number of hydrogen-bond donors (Lipinski definition) is 0. The molecule has 0 saturated heterocycles. The Morgan fingerprint density at radius 3 is 1.10 bits per heavy atom. The Kier molecular flexibility index (Phi) is 10.1. The lowest BCUT2D eigenvalue weighted by atomic mass is 9.90. The molecule has 5 heteroatoms. The molecule has 12 aromatic rings. The maximum Gasteiger partial charge on any atom is 0.164 e. The van der Waals surface area contributed by atoms with Crippen molar-refractivity contribution in [1.29, 1.82) is 0 Å². The first-order valence-electron chi connectivity index (χ1n) is 22.6. The molecular weight excluding hydrogens is 815 g/mol. The average Bonchev–Trinajstić information content (AvgIpc) is 3.83. The fourth-order valence-corrected chi connectivity index (χ4v) is 9.31. The minimum atomic E-state index is 0.584. The molecule has 0 bridgehead atoms. The third kappa shape index (κ3) is 7.44. The first-order valence-corrected chi connectivity index (χ1v) is 22.6. The molecule has 0 spiro atoms. The minimum Gasteiger partial charge on any atom is -0.231 e. The standard InChI is InChI=1S/C62H41N5/c1-6-21-42(22-7-1)47-31-18-34-50(39-47)60-63-61(51-35-19-32-48(40-51)43-23-8-2-9-24-43)65-62(64-60)52-36-20-33-49(41-52)55-53-37-16-17-38-54(53)59-56(44-25-10-3-11-26-44)57(45-27-12-4-13-28-45)66-67(59)58(55)46-29-14-5-15-30-46/h1-41H. The normalized spacial score (nSPS) is 11.3. The summed E-state index contributed by atoms with van der Waals surface area (Å²) in [6.45, 7) is 0. The summed E-state index contributed by atoms with van der Waals surface area (Å²) in [5.41, 5.74) is 16.5. The number of aromatic nitrogens is 5. The zero-order valence-electron chi connectivity index (χ0n) is 36.4. The van der Waals surface area contributed by atoms with Gasteiger partial charge in [-0.1, -0.05) is 231 Å². The van der Waals surface area contributed by atoms with Gasteiger partial charge >= 0.3 is 0 Å². The van der Waals surface area contributed by atoms with Gasteiger partial charge in [0.05, 0.1) is 11.2 Å². The van der Waals surface area contributed by atoms with Crippen molar-refractivity contribution in [1.82, 2.24) is 24.6 Å². The van der Waals surface area contributed by atoms with Crippen molar-refractivity contribution in [3.8, 4) is 101 Å². The summed E-state index contributed by atoms with van der Waals surface area (Å²) >= 11 is 0. The van der Waals surface area contributed by atoms with Crippen LogP contribution in [0.4, 0.5) is 0 Å². The van der Waals surface area contributed by atoms with Crippen LogP contribution in [0, 0.1) is 0 Å². The molecule has 0 aliphatic carbocycles. The number of pyridine rings is 1. The van der Waals surface area contributed by atoms with E-state index in [-0.39, 0.29) is 0 Å². The Bertz CT molecular complexity index is 3620. The van der Waals surface area contributed by atoms with Crippen molar-refractivity contribution in [2.24, 2.45) is 0 Å². The Morgan fingerprint density at radius 1 is 0.254 bits per heavy atom. The van der Waals surface area contributed by atoms with Crippen molar-refractivity contribution in [3.63, 3.8) is 0 Å². The molecule has 0 amide bonds. The highest BCUT2D eigenvalue weighted by Crippen LogP contribution is 2.46. The third-order valence-electron chi connectivity index (χ3n) is 12.4. The second-order valence-electron chi connectivity index (χ2n) is 16.6. The van der Waals surface area contributed by atoms with Gasteiger partial charge in [0.15, 0.2) is 17.5 Å². The van der Waals surface area contributed by atoms with Crippen molar-refractivity contribution in [2.45, 2.75) is 0 Å². The molecule has 0 radical (unpaired) electrons. The molecule has 3 aromatic heterocycles. The van der Waals surface area contributed by atoms with E-state index >= 15 is 0 Å². The van der Waals surface area contributed by atoms with Crippen molar-refractivity contribution < 1.29 is 0 Å². The molecule has 0 unspecified atom stereocenters. The van der Waals surface area contributed by atoms with Gasteiger partial charge in [-0.25, -0.2) is 19.5 Å². The third-order valence-corrected chi connectivity index (χ3v) is 12.4. The molecule has 67 heavy (non-hydrogen) atoms. The van der Waals surface area contributed by atoms with Gasteiger partial charge in [0.2, 0.25) is 0 Å². The first-order chi connectivity index (χ1) is 33.2. The number of rotatable bonds is 9. The monoisotopic (exact) mass is 855 g/mol. The van der Waals surface area contributed by atoms with Gasteiger partial charge in [-0.05, 0) is 57.0 Å². The largest absolute Gasteiger partial charge is 0.231 e. The molecule has 314 valence electrons. The van der Waals surface area contributed by atoms with Gasteiger partial charge in [0.25, 0.3) is 0 Å². The SMILES string of the molecule is c1ccc(-c2cccc(-c3nc(-c4cccc(-c5ccccc5)c4)nc(-c4cccc(-c5c(-c6ccccc6)n6nc(-c7ccccc7)c(-c7ccccc7)c6c6ccccc56)c4)n3)c2)cc1. The van der Waals surface area contributed by atoms with E-state index in [1.807, 2.05) is 12.1 Å². The highest BCUT2D eigenvalue weighted by molar-refractivity contribution is 6.15. The fraction of sp³-hybridized carbons (Fsp3) is 0. The predicted molar refractivity (Wildman–Crippen MR) is 275 cm³/mol. The lowest BCUT2D eigenvalue weighted by molar-refractivity contribution is 0.981. The van der Waals surface area contributed by atoms with Crippen LogP contribution in [0.2, 0.25) is 0 Å². The minimum absolute atomic E-state index is 0.584. The van der Waals surface area contributed by atoms with E-state index < -0.39 is 0 Å². The number of nitrogens with zero attached hydrogens (tertiary/aromatic N) is 5. The van der Waals surface area contributed by atoms with Gasteiger partial charge in [-0.3, -0.25) is 0 Å². The summed E-state index contributed by atoms with van der Waals surface area (Å²) in [6, 6.07) is 86.9. The summed E-state index contributed by atoms with van der Waals surface area (Å²) in [5.74, 6) is 1.78. The van der Waals surface area contributed by atoms with Gasteiger partial charge in [0.1, 0.15) is 5.69 Å². The molecule has 0 N–H and O–H groups in total. The molecule has 5 nitrogen and oxygen atoms in total. The smallest absolute Gasteiger partial charge is 0.164 e. The first kappa shape index (κ1) is 39.5. The lowest BCUT2D eigenvalue weighted by Crippen LogP contribution is -2.02. The van der Waals surface area contributed by atoms with Crippen LogP contribution in [0.25, 0.3) is 117 Å². The van der Waals surface area contributed by atoms with E-state index in [9.17, 15) is 0 Å². The van der Waals surface area contributed by atoms with Crippen LogP contribution in [-0.2, 0) is 0 Å². The number of benzene rings is 9. The van der Waals surface area contributed by atoms with Crippen molar-refractivity contribution in [2.75, 3.05) is 0 Å². The Hall–Kier alpha value is -9.06. The molecule has 0 aliphatic heterocycles. The van der Waals surface area contributed by atoms with Crippen LogP contribution in [-0.4, -0.2) is 24.6 Å². The summed E-state index contributed by atoms with van der Waals surface area (Å²) < 4.78 is 2.18. The summed E-state index contributed by atoms with van der Waals surface area (Å²) in [7, 11) is 0. The van der Waals surface area contributed by atoms with Crippen LogP contribution in [0.1, 0.15) is 0 Å². The maximum absolute atomic E-state index is 5.58. The van der Waals surface area contributed by atoms with E-state index in [0.29, 0.717) is 17.5 Å². The summed E-state index contributed by atoms with van der Waals surface area (Å²) in [4.78, 5) is 15.8. The quantitative estimate of drug-likeness (QED) is 0.145. The maximum atomic E-state index is 5.58. The van der Waals surface area contributed by atoms with E-state index in [4.69, 9.17) is 20.1 Å². The molecule has 3 heterocycles. The second kappa shape index (κ2) is 17.1. The second-order valence-corrected chi connectivity index (χ2v) is 16.6. The van der Waals surface area contributed by atoms with E-state index in [0.717, 1.165) is 100 Å². The Morgan fingerprint density at radius 2 is 0.612 bits per heavy atom. The topological polar surface area (TPSA) is 56.0 Å². The van der Waals surface area contributed by atoms with Crippen LogP contribution in [0.15, 0.2) is 249 Å². The highest BCUT2D eigenvalue weighted by atomic mass is 15.2. The molecule has 12 rings (SSSR count). The zero-order valence-corrected chi connectivity index (χ0v) is 36.4.